The van der Waals surface area contributed by atoms with Crippen molar-refractivity contribution >= 4 is 7.82 Å². The van der Waals surface area contributed by atoms with E-state index in [4.69, 9.17) is 19.2 Å². The van der Waals surface area contributed by atoms with Crippen LogP contribution in [0.5, 0.6) is 0 Å². The fraction of sp³-hybridized carbons (Fsp3) is 0. The fourth-order valence-electron chi connectivity index (χ4n) is 0. The van der Waals surface area contributed by atoms with Gasteiger partial charge in [-0.2, -0.15) is 0 Å². The SMILES string of the molecule is N.O=P(O)(O)O.[H+].[H+].[H-].[K+]. The molecular weight excluding hydrogens is 148 g/mol. The summed E-state index contributed by atoms with van der Waals surface area (Å²) in [4.78, 5) is 21.6. The van der Waals surface area contributed by atoms with Crippen LogP contribution in [0.2, 0.25) is 0 Å². The van der Waals surface area contributed by atoms with Crippen molar-refractivity contribution in [2.24, 2.45) is 0 Å². The maximum absolute atomic E-state index is 8.88. The van der Waals surface area contributed by atoms with Gasteiger partial charge >= 0.3 is 62.1 Å². The molecule has 0 aliphatic rings. The molecule has 0 unspecified atom stereocenters. The van der Waals surface area contributed by atoms with Crippen LogP contribution in [0.15, 0.2) is 0 Å². The predicted molar refractivity (Wildman–Crippen MR) is 22.6 cm³/mol. The molecule has 0 aliphatic heterocycles. The molecule has 0 aliphatic carbocycles. The van der Waals surface area contributed by atoms with Crippen LogP contribution >= 0.6 is 7.82 Å². The van der Waals surface area contributed by atoms with Crippen LogP contribution in [-0.4, -0.2) is 14.7 Å². The zero-order chi connectivity index (χ0) is 4.50. The van der Waals surface area contributed by atoms with E-state index in [1.165, 1.54) is 0 Å². The van der Waals surface area contributed by atoms with Gasteiger partial charge in [-0.05, 0) is 0 Å². The summed E-state index contributed by atoms with van der Waals surface area (Å²) in [7, 11) is -4.64. The minimum absolute atomic E-state index is 0. The van der Waals surface area contributed by atoms with E-state index in [-0.39, 0.29) is 61.8 Å². The molecule has 0 fully saturated rings. The molecule has 0 bridgehead atoms. The molecule has 0 spiro atoms. The Morgan fingerprint density at radius 2 is 1.43 bits per heavy atom. The molecule has 0 amide bonds. The van der Waals surface area contributed by atoms with Crippen molar-refractivity contribution in [2.75, 3.05) is 0 Å². The fourth-order valence-corrected chi connectivity index (χ4v) is 0. The number of hydrogen-bond acceptors (Lipinski definition) is 2. The van der Waals surface area contributed by atoms with Crippen molar-refractivity contribution in [2.45, 2.75) is 0 Å². The Hall–Kier alpha value is 1.71. The van der Waals surface area contributed by atoms with Crippen molar-refractivity contribution in [1.29, 1.82) is 0 Å². The molecule has 0 atom stereocenters. The second-order valence-electron chi connectivity index (χ2n) is 0.513. The van der Waals surface area contributed by atoms with Gasteiger partial charge in [-0.1, -0.05) is 0 Å². The van der Waals surface area contributed by atoms with Gasteiger partial charge in [0.2, 0.25) is 0 Å². The van der Waals surface area contributed by atoms with E-state index in [0.717, 1.165) is 0 Å². The van der Waals surface area contributed by atoms with Crippen molar-refractivity contribution in [3.05, 3.63) is 0 Å². The molecule has 0 saturated carbocycles. The average Bonchev–Trinajstić information content (AvgIpc) is 0.722. The number of phosphoric acid groups is 1. The van der Waals surface area contributed by atoms with Gasteiger partial charge in [-0.15, -0.1) is 0 Å². The van der Waals surface area contributed by atoms with E-state index in [1.54, 1.807) is 0 Å². The molecule has 0 aromatic heterocycles. The Morgan fingerprint density at radius 3 is 1.43 bits per heavy atom. The number of rotatable bonds is 0. The Morgan fingerprint density at radius 1 is 1.43 bits per heavy atom. The minimum atomic E-state index is -4.64. The van der Waals surface area contributed by atoms with Gasteiger partial charge in [-0.3, -0.25) is 0 Å². The van der Waals surface area contributed by atoms with E-state index in [0.29, 0.717) is 0 Å². The van der Waals surface area contributed by atoms with Crippen molar-refractivity contribution in [3.8, 4) is 0 Å². The summed E-state index contributed by atoms with van der Waals surface area (Å²) < 4.78 is 8.88. The summed E-state index contributed by atoms with van der Waals surface area (Å²) in [5, 5.41) is 0. The summed E-state index contributed by atoms with van der Waals surface area (Å²) in [6.45, 7) is 0. The standard InChI is InChI=1S/K.H3N.H3O4P.H/c;;1-5(2,3)4;/h;1H3;(H3,1,2,3,4);/q+1;;;-1/p+2. The molecule has 7 heteroatoms. The summed E-state index contributed by atoms with van der Waals surface area (Å²) in [5.41, 5.74) is 0. The molecule has 7 heavy (non-hydrogen) atoms. The summed E-state index contributed by atoms with van der Waals surface area (Å²) >= 11 is 0. The third-order valence-corrected chi connectivity index (χ3v) is 0. The molecule has 5 nitrogen and oxygen atoms in total. The average molecular weight is 157 g/mol. The van der Waals surface area contributed by atoms with Crippen LogP contribution in [-0.2, 0) is 4.57 Å². The van der Waals surface area contributed by atoms with E-state index in [2.05, 4.69) is 0 Å². The van der Waals surface area contributed by atoms with Gasteiger partial charge in [0.15, 0.2) is 0 Å². The van der Waals surface area contributed by atoms with Gasteiger partial charge in [-0.25, -0.2) is 4.57 Å². The first-order valence-corrected chi connectivity index (χ1v) is 2.35. The Labute approximate surface area is 87.8 Å². The maximum atomic E-state index is 8.88. The van der Waals surface area contributed by atoms with Crippen molar-refractivity contribution in [3.63, 3.8) is 0 Å². The van der Waals surface area contributed by atoms with Crippen LogP contribution in [0.4, 0.5) is 0 Å². The first-order chi connectivity index (χ1) is 2.00. The third kappa shape index (κ3) is 86.2. The maximum Gasteiger partial charge on any atom is 1.00 e. The molecule has 42 valence electrons. The minimum Gasteiger partial charge on any atom is -1.00 e. The second-order valence-corrected chi connectivity index (χ2v) is 1.54. The van der Waals surface area contributed by atoms with Crippen molar-refractivity contribution < 1.29 is 74.9 Å². The Kier molecular flexibility index (Phi) is 13.2. The van der Waals surface area contributed by atoms with Crippen molar-refractivity contribution in [1.82, 2.24) is 6.15 Å². The quantitative estimate of drug-likeness (QED) is 0.216. The van der Waals surface area contributed by atoms with E-state index in [1.807, 2.05) is 0 Å². The van der Waals surface area contributed by atoms with E-state index >= 15 is 0 Å². The van der Waals surface area contributed by atoms with E-state index < -0.39 is 7.82 Å². The van der Waals surface area contributed by atoms with E-state index in [9.17, 15) is 0 Å². The van der Waals surface area contributed by atoms with Gasteiger partial charge in [0.25, 0.3) is 0 Å². The summed E-state index contributed by atoms with van der Waals surface area (Å²) in [5.74, 6) is 0. The van der Waals surface area contributed by atoms with Crippen LogP contribution < -0.4 is 57.5 Å². The molecule has 0 rings (SSSR count). The van der Waals surface area contributed by atoms with Crippen LogP contribution in [0, 0.1) is 0 Å². The molecular formula is H9KNO4P+2. The first-order valence-electron chi connectivity index (χ1n) is 0.783. The first kappa shape index (κ1) is 15.9. The third-order valence-electron chi connectivity index (χ3n) is 0. The molecule has 0 aromatic rings. The van der Waals surface area contributed by atoms with Gasteiger partial charge in [0, 0.05) is 0 Å². The summed E-state index contributed by atoms with van der Waals surface area (Å²) in [6.07, 6.45) is 0. The van der Waals surface area contributed by atoms with Crippen LogP contribution in [0.1, 0.15) is 4.28 Å². The second kappa shape index (κ2) is 5.84. The van der Waals surface area contributed by atoms with Crippen LogP contribution in [0.25, 0.3) is 0 Å². The molecule has 0 aromatic carbocycles. The zero-order valence-corrected chi connectivity index (χ0v) is 7.92. The topological polar surface area (TPSA) is 113 Å². The Balaban J connectivity index is -0.00000000800. The molecule has 0 heterocycles. The summed E-state index contributed by atoms with van der Waals surface area (Å²) in [6, 6.07) is 0. The zero-order valence-electron chi connectivity index (χ0n) is 6.90. The predicted octanol–water partition coefficient (Wildman–Crippen LogP) is -3.43. The number of hydrogen-bond donors (Lipinski definition) is 4. The Bertz CT molecular complexity index is 66.6. The molecule has 0 radical (unpaired) electrons. The molecule has 0 saturated heterocycles. The van der Waals surface area contributed by atoms with Gasteiger partial charge < -0.3 is 22.3 Å². The van der Waals surface area contributed by atoms with Gasteiger partial charge in [0.05, 0.1) is 0 Å². The van der Waals surface area contributed by atoms with Crippen LogP contribution in [0.3, 0.4) is 0 Å². The monoisotopic (exact) mass is 157 g/mol. The molecule has 6 N–H and O–H groups in total. The normalized spacial score (nSPS) is 8.43. The van der Waals surface area contributed by atoms with Gasteiger partial charge in [0.1, 0.15) is 0 Å². The largest absolute Gasteiger partial charge is 1.00 e. The smallest absolute Gasteiger partial charge is 1.00 e.